The number of imidazole rings is 1. The molecule has 4 nitrogen and oxygen atoms in total. The first-order chi connectivity index (χ1) is 6.45. The first-order valence-corrected chi connectivity index (χ1v) is 4.63. The van der Waals surface area contributed by atoms with Gasteiger partial charge in [-0.1, -0.05) is 0 Å². The van der Waals surface area contributed by atoms with Gasteiger partial charge in [0.1, 0.15) is 6.20 Å². The van der Waals surface area contributed by atoms with Crippen molar-refractivity contribution in [3.05, 3.63) is 18.7 Å². The van der Waals surface area contributed by atoms with Crippen LogP contribution in [0.5, 0.6) is 0 Å². The summed E-state index contributed by atoms with van der Waals surface area (Å²) in [4.78, 5) is 6.29. The fourth-order valence-electron chi connectivity index (χ4n) is 1.45. The lowest BCUT2D eigenvalue weighted by Gasteiger charge is -2.26. The Morgan fingerprint density at radius 3 is 2.85 bits per heavy atom. The highest BCUT2D eigenvalue weighted by atomic mass is 16.5. The van der Waals surface area contributed by atoms with Crippen molar-refractivity contribution in [1.82, 2.24) is 14.5 Å². The van der Waals surface area contributed by atoms with Crippen molar-refractivity contribution >= 4 is 0 Å². The average Bonchev–Trinajstić information content (AvgIpc) is 2.69. The van der Waals surface area contributed by atoms with Gasteiger partial charge in [-0.15, -0.1) is 0 Å². The molecule has 1 radical (unpaired) electrons. The Morgan fingerprint density at radius 2 is 2.15 bits per heavy atom. The van der Waals surface area contributed by atoms with Crippen LogP contribution >= 0.6 is 0 Å². The molecule has 71 valence electrons. The van der Waals surface area contributed by atoms with E-state index in [1.165, 1.54) is 0 Å². The Hall–Kier alpha value is -0.870. The molecule has 0 spiro atoms. The van der Waals surface area contributed by atoms with Gasteiger partial charge >= 0.3 is 0 Å². The molecule has 0 atom stereocenters. The highest BCUT2D eigenvalue weighted by Gasteiger charge is 2.09. The van der Waals surface area contributed by atoms with Crippen LogP contribution in [0.4, 0.5) is 0 Å². The van der Waals surface area contributed by atoms with Gasteiger partial charge in [0.15, 0.2) is 0 Å². The molecule has 4 heteroatoms. The van der Waals surface area contributed by atoms with E-state index in [1.807, 2.05) is 6.20 Å². The minimum Gasteiger partial charge on any atom is -0.379 e. The molecule has 0 bridgehead atoms. The fraction of sp³-hybridized carbons (Fsp3) is 0.667. The summed E-state index contributed by atoms with van der Waals surface area (Å²) in [5, 5.41) is 0. The van der Waals surface area contributed by atoms with E-state index in [2.05, 4.69) is 20.6 Å². The Morgan fingerprint density at radius 1 is 1.31 bits per heavy atom. The first-order valence-electron chi connectivity index (χ1n) is 4.63. The second kappa shape index (κ2) is 4.39. The van der Waals surface area contributed by atoms with Gasteiger partial charge in [0, 0.05) is 32.4 Å². The van der Waals surface area contributed by atoms with Crippen molar-refractivity contribution in [3.63, 3.8) is 0 Å². The van der Waals surface area contributed by atoms with E-state index < -0.39 is 0 Å². The number of hydrogen-bond donors (Lipinski definition) is 0. The maximum atomic E-state index is 5.27. The van der Waals surface area contributed by atoms with Crippen LogP contribution in [0.3, 0.4) is 0 Å². The third-order valence-electron chi connectivity index (χ3n) is 2.28. The van der Waals surface area contributed by atoms with E-state index in [4.69, 9.17) is 4.74 Å². The van der Waals surface area contributed by atoms with Gasteiger partial charge in [0.25, 0.3) is 0 Å². The average molecular weight is 180 g/mol. The molecule has 2 heterocycles. The normalized spacial score (nSPS) is 19.1. The molecule has 1 aliphatic rings. The molecule has 1 aromatic rings. The standard InChI is InChI=1S/C9H14N3O/c1-2-12(9-10-1)4-3-11-5-7-13-8-6-11/h2,9H,3-8H2. The topological polar surface area (TPSA) is 30.3 Å². The van der Waals surface area contributed by atoms with Gasteiger partial charge in [-0.2, -0.15) is 0 Å². The minimum absolute atomic E-state index is 0.871. The molecular formula is C9H14N3O. The molecule has 1 aromatic heterocycles. The molecule has 0 aliphatic carbocycles. The van der Waals surface area contributed by atoms with E-state index in [0.29, 0.717) is 0 Å². The number of aromatic nitrogens is 2. The Bertz CT molecular complexity index is 229. The third kappa shape index (κ3) is 2.54. The first kappa shape index (κ1) is 8.72. The van der Waals surface area contributed by atoms with Crippen molar-refractivity contribution in [1.29, 1.82) is 0 Å². The molecule has 13 heavy (non-hydrogen) atoms. The largest absolute Gasteiger partial charge is 0.379 e. The van der Waals surface area contributed by atoms with Crippen LogP contribution in [0.15, 0.2) is 12.5 Å². The molecule has 1 fully saturated rings. The van der Waals surface area contributed by atoms with Gasteiger partial charge in [-0.3, -0.25) is 4.90 Å². The summed E-state index contributed by atoms with van der Waals surface area (Å²) in [6, 6.07) is 0. The van der Waals surface area contributed by atoms with Crippen LogP contribution in [0.25, 0.3) is 0 Å². The van der Waals surface area contributed by atoms with Gasteiger partial charge in [0.2, 0.25) is 0 Å². The van der Waals surface area contributed by atoms with Crippen LogP contribution in [0.2, 0.25) is 0 Å². The SMILES string of the molecule is [c]1cn(CCN2CCOCC2)cn1. The molecule has 0 aromatic carbocycles. The summed E-state index contributed by atoms with van der Waals surface area (Å²) in [7, 11) is 0. The van der Waals surface area contributed by atoms with Gasteiger partial charge in [0.05, 0.1) is 19.5 Å². The van der Waals surface area contributed by atoms with Gasteiger partial charge < -0.3 is 9.30 Å². The zero-order valence-electron chi connectivity index (χ0n) is 7.65. The molecule has 2 rings (SSSR count). The zero-order chi connectivity index (χ0) is 8.93. The Balaban J connectivity index is 1.72. The summed E-state index contributed by atoms with van der Waals surface area (Å²) < 4.78 is 7.32. The second-order valence-electron chi connectivity index (χ2n) is 3.19. The number of rotatable bonds is 3. The fourth-order valence-corrected chi connectivity index (χ4v) is 1.45. The van der Waals surface area contributed by atoms with Crippen molar-refractivity contribution in [2.24, 2.45) is 0 Å². The van der Waals surface area contributed by atoms with E-state index in [-0.39, 0.29) is 0 Å². The van der Waals surface area contributed by atoms with Crippen LogP contribution < -0.4 is 0 Å². The quantitative estimate of drug-likeness (QED) is 0.656. The van der Waals surface area contributed by atoms with E-state index in [0.717, 1.165) is 39.4 Å². The van der Waals surface area contributed by atoms with Gasteiger partial charge in [-0.05, 0) is 0 Å². The predicted molar refractivity (Wildman–Crippen MR) is 48.3 cm³/mol. The number of morpholine rings is 1. The molecule has 0 amide bonds. The Kier molecular flexibility index (Phi) is 2.94. The van der Waals surface area contributed by atoms with Crippen molar-refractivity contribution in [2.45, 2.75) is 6.54 Å². The lowest BCUT2D eigenvalue weighted by molar-refractivity contribution is 0.0364. The smallest absolute Gasteiger partial charge is 0.108 e. The van der Waals surface area contributed by atoms with Crippen LogP contribution in [-0.2, 0) is 11.3 Å². The molecule has 0 saturated carbocycles. The maximum Gasteiger partial charge on any atom is 0.108 e. The molecule has 0 N–H and O–H groups in total. The number of hydrogen-bond acceptors (Lipinski definition) is 3. The summed E-state index contributed by atoms with van der Waals surface area (Å²) in [6.45, 7) is 5.92. The van der Waals surface area contributed by atoms with Crippen molar-refractivity contribution in [2.75, 3.05) is 32.8 Å². The predicted octanol–water partition coefficient (Wildman–Crippen LogP) is 0.0155. The van der Waals surface area contributed by atoms with E-state index in [1.54, 1.807) is 6.33 Å². The molecule has 1 saturated heterocycles. The minimum atomic E-state index is 0.871. The summed E-state index contributed by atoms with van der Waals surface area (Å²) in [6.07, 6.45) is 6.47. The van der Waals surface area contributed by atoms with Crippen molar-refractivity contribution in [3.8, 4) is 0 Å². The maximum absolute atomic E-state index is 5.27. The third-order valence-corrected chi connectivity index (χ3v) is 2.28. The van der Waals surface area contributed by atoms with Crippen LogP contribution in [-0.4, -0.2) is 47.3 Å². The van der Waals surface area contributed by atoms with Crippen LogP contribution in [0.1, 0.15) is 0 Å². The van der Waals surface area contributed by atoms with E-state index >= 15 is 0 Å². The number of nitrogens with zero attached hydrogens (tertiary/aromatic N) is 3. The zero-order valence-corrected chi connectivity index (χ0v) is 7.65. The van der Waals surface area contributed by atoms with Crippen LogP contribution in [0, 0.1) is 6.20 Å². The van der Waals surface area contributed by atoms with Gasteiger partial charge in [-0.25, -0.2) is 4.98 Å². The molecular weight excluding hydrogens is 166 g/mol. The highest BCUT2D eigenvalue weighted by Crippen LogP contribution is 1.97. The monoisotopic (exact) mass is 180 g/mol. The van der Waals surface area contributed by atoms with E-state index in [9.17, 15) is 0 Å². The Labute approximate surface area is 78.1 Å². The number of ether oxygens (including phenoxy) is 1. The lowest BCUT2D eigenvalue weighted by atomic mass is 10.4. The van der Waals surface area contributed by atoms with Crippen molar-refractivity contribution < 1.29 is 4.74 Å². The summed E-state index contributed by atoms with van der Waals surface area (Å²) >= 11 is 0. The summed E-state index contributed by atoms with van der Waals surface area (Å²) in [5.41, 5.74) is 0. The molecule has 1 aliphatic heterocycles. The highest BCUT2D eigenvalue weighted by molar-refractivity contribution is 4.73. The summed E-state index contributed by atoms with van der Waals surface area (Å²) in [5.74, 6) is 0. The second-order valence-corrected chi connectivity index (χ2v) is 3.19. The molecule has 0 unspecified atom stereocenters. The lowest BCUT2D eigenvalue weighted by Crippen LogP contribution is -2.38.